The number of carboxylic acids is 1. The number of benzene rings is 3. The van der Waals surface area contributed by atoms with Crippen molar-refractivity contribution in [2.75, 3.05) is 11.3 Å². The van der Waals surface area contributed by atoms with Crippen LogP contribution in [0.3, 0.4) is 0 Å². The highest BCUT2D eigenvalue weighted by Gasteiger charge is 2.14. The molecule has 3 aromatic rings. The highest BCUT2D eigenvalue weighted by molar-refractivity contribution is 8.00. The van der Waals surface area contributed by atoms with E-state index in [4.69, 9.17) is 33.0 Å². The zero-order chi connectivity index (χ0) is 20.1. The molecular weight excluding hydrogens is 424 g/mol. The maximum absolute atomic E-state index is 14.3. The molecule has 0 aromatic heterocycles. The predicted molar refractivity (Wildman–Crippen MR) is 111 cm³/mol. The van der Waals surface area contributed by atoms with Gasteiger partial charge in [-0.1, -0.05) is 59.6 Å². The van der Waals surface area contributed by atoms with Gasteiger partial charge in [-0.15, -0.1) is 0 Å². The van der Waals surface area contributed by atoms with Crippen molar-refractivity contribution in [2.24, 2.45) is 0 Å². The number of anilines is 1. The molecule has 0 saturated carbocycles. The maximum atomic E-state index is 14.3. The second-order valence-electron chi connectivity index (χ2n) is 5.66. The van der Waals surface area contributed by atoms with Crippen LogP contribution in [-0.4, -0.2) is 17.7 Å². The Balaban J connectivity index is 1.85. The summed E-state index contributed by atoms with van der Waals surface area (Å²) >= 11 is 13.2. The van der Waals surface area contributed by atoms with Gasteiger partial charge < -0.3 is 14.6 Å². The van der Waals surface area contributed by atoms with Gasteiger partial charge in [-0.3, -0.25) is 0 Å². The predicted octanol–water partition coefficient (Wildman–Crippen LogP) is 6.38. The molecule has 3 aromatic carbocycles. The standard InChI is InChI=1S/C20H14Cl2FNO3S/c21-14-9-15(22)20(27-11-19(25)26)18(10-14)28-24-17-8-13(6-7-16(17)23)12-4-2-1-3-5-12/h1-10,24H,11H2,(H,25,26). The molecule has 144 valence electrons. The molecule has 0 spiro atoms. The molecule has 0 heterocycles. The van der Waals surface area contributed by atoms with Crippen molar-refractivity contribution in [3.05, 3.63) is 76.5 Å². The van der Waals surface area contributed by atoms with E-state index in [0.717, 1.165) is 23.1 Å². The Morgan fingerprint density at radius 2 is 1.82 bits per heavy atom. The summed E-state index contributed by atoms with van der Waals surface area (Å²) in [6.07, 6.45) is 0. The van der Waals surface area contributed by atoms with E-state index in [1.165, 1.54) is 12.1 Å². The Hall–Kier alpha value is -2.41. The van der Waals surface area contributed by atoms with E-state index in [1.54, 1.807) is 18.2 Å². The summed E-state index contributed by atoms with van der Waals surface area (Å²) < 4.78 is 22.4. The van der Waals surface area contributed by atoms with Crippen LogP contribution in [0, 0.1) is 5.82 Å². The molecule has 0 saturated heterocycles. The number of rotatable bonds is 7. The van der Waals surface area contributed by atoms with Gasteiger partial charge >= 0.3 is 5.97 Å². The molecule has 0 amide bonds. The van der Waals surface area contributed by atoms with Gasteiger partial charge in [-0.2, -0.15) is 0 Å². The van der Waals surface area contributed by atoms with Crippen LogP contribution < -0.4 is 9.46 Å². The molecule has 0 fully saturated rings. The topological polar surface area (TPSA) is 58.6 Å². The minimum atomic E-state index is -1.14. The van der Waals surface area contributed by atoms with Gasteiger partial charge in [0.15, 0.2) is 12.4 Å². The summed E-state index contributed by atoms with van der Waals surface area (Å²) in [7, 11) is 0. The molecule has 0 atom stereocenters. The van der Waals surface area contributed by atoms with Crippen molar-refractivity contribution in [1.29, 1.82) is 0 Å². The summed E-state index contributed by atoms with van der Waals surface area (Å²) in [6, 6.07) is 17.3. The quantitative estimate of drug-likeness (QED) is 0.419. The Labute approximate surface area is 175 Å². The summed E-state index contributed by atoms with van der Waals surface area (Å²) in [5.74, 6) is -1.42. The van der Waals surface area contributed by atoms with Crippen LogP contribution in [0.15, 0.2) is 65.6 Å². The Bertz CT molecular complexity index is 1000. The first-order chi connectivity index (χ1) is 13.4. The van der Waals surface area contributed by atoms with E-state index >= 15 is 0 Å². The molecule has 0 radical (unpaired) electrons. The number of carboxylic acid groups (broad SMARTS) is 1. The average Bonchev–Trinajstić information content (AvgIpc) is 2.67. The van der Waals surface area contributed by atoms with Gasteiger partial charge in [-0.25, -0.2) is 9.18 Å². The molecule has 0 aliphatic rings. The van der Waals surface area contributed by atoms with E-state index < -0.39 is 18.4 Å². The highest BCUT2D eigenvalue weighted by atomic mass is 35.5. The maximum Gasteiger partial charge on any atom is 0.341 e. The zero-order valence-electron chi connectivity index (χ0n) is 14.3. The lowest BCUT2D eigenvalue weighted by Gasteiger charge is -2.14. The van der Waals surface area contributed by atoms with Gasteiger partial charge in [-0.05, 0) is 47.3 Å². The minimum absolute atomic E-state index is 0.158. The molecule has 3 rings (SSSR count). The second-order valence-corrected chi connectivity index (χ2v) is 7.35. The number of nitrogens with one attached hydrogen (secondary N) is 1. The van der Waals surface area contributed by atoms with E-state index in [2.05, 4.69) is 4.72 Å². The van der Waals surface area contributed by atoms with Crippen LogP contribution in [0.2, 0.25) is 10.0 Å². The first-order valence-corrected chi connectivity index (χ1v) is 9.63. The fourth-order valence-electron chi connectivity index (χ4n) is 2.41. The molecule has 0 unspecified atom stereocenters. The SMILES string of the molecule is O=C(O)COc1c(Cl)cc(Cl)cc1SNc1cc(-c2ccccc2)ccc1F. The smallest absolute Gasteiger partial charge is 0.341 e. The minimum Gasteiger partial charge on any atom is -0.479 e. The molecule has 0 bridgehead atoms. The van der Waals surface area contributed by atoms with Gasteiger partial charge in [0.25, 0.3) is 0 Å². The largest absolute Gasteiger partial charge is 0.479 e. The van der Waals surface area contributed by atoms with E-state index in [0.29, 0.717) is 9.92 Å². The fraction of sp³-hybridized carbons (Fsp3) is 0.0500. The number of carbonyl (C=O) groups is 1. The summed E-state index contributed by atoms with van der Waals surface area (Å²) in [5.41, 5.74) is 2.05. The number of aliphatic carboxylic acids is 1. The van der Waals surface area contributed by atoms with Gasteiger partial charge in [0, 0.05) is 5.02 Å². The van der Waals surface area contributed by atoms with Gasteiger partial charge in [0.1, 0.15) is 5.82 Å². The summed E-state index contributed by atoms with van der Waals surface area (Å²) in [5, 5.41) is 9.33. The average molecular weight is 438 g/mol. The Kier molecular flexibility index (Phi) is 6.67. The lowest BCUT2D eigenvalue weighted by Crippen LogP contribution is -2.10. The Morgan fingerprint density at radius 1 is 1.07 bits per heavy atom. The van der Waals surface area contributed by atoms with Crippen molar-refractivity contribution in [2.45, 2.75) is 4.90 Å². The van der Waals surface area contributed by atoms with Crippen LogP contribution >= 0.6 is 35.1 Å². The van der Waals surface area contributed by atoms with Crippen molar-refractivity contribution in [3.63, 3.8) is 0 Å². The van der Waals surface area contributed by atoms with Gasteiger partial charge in [0.05, 0.1) is 15.6 Å². The van der Waals surface area contributed by atoms with Crippen LogP contribution in [0.5, 0.6) is 5.75 Å². The molecule has 4 nitrogen and oxygen atoms in total. The lowest BCUT2D eigenvalue weighted by molar-refractivity contribution is -0.139. The van der Waals surface area contributed by atoms with E-state index in [-0.39, 0.29) is 16.5 Å². The van der Waals surface area contributed by atoms with Crippen LogP contribution in [0.25, 0.3) is 11.1 Å². The van der Waals surface area contributed by atoms with Crippen molar-refractivity contribution in [3.8, 4) is 16.9 Å². The third kappa shape index (κ3) is 5.10. The monoisotopic (exact) mass is 437 g/mol. The molecular formula is C20H14Cl2FNO3S. The third-order valence-electron chi connectivity index (χ3n) is 3.66. The third-order valence-corrected chi connectivity index (χ3v) is 5.00. The van der Waals surface area contributed by atoms with Crippen LogP contribution in [0.1, 0.15) is 0 Å². The normalized spacial score (nSPS) is 10.5. The molecule has 2 N–H and O–H groups in total. The molecule has 8 heteroatoms. The first kappa shape index (κ1) is 20.3. The Morgan fingerprint density at radius 3 is 2.54 bits per heavy atom. The van der Waals surface area contributed by atoms with E-state index in [9.17, 15) is 9.18 Å². The number of ether oxygens (including phenoxy) is 1. The van der Waals surface area contributed by atoms with Crippen molar-refractivity contribution < 1.29 is 19.0 Å². The lowest BCUT2D eigenvalue weighted by atomic mass is 10.1. The fourth-order valence-corrected chi connectivity index (χ4v) is 3.90. The van der Waals surface area contributed by atoms with Crippen LogP contribution in [0.4, 0.5) is 10.1 Å². The molecule has 0 aliphatic heterocycles. The highest BCUT2D eigenvalue weighted by Crippen LogP contribution is 2.39. The number of halogens is 3. The molecule has 0 aliphatic carbocycles. The molecule has 28 heavy (non-hydrogen) atoms. The zero-order valence-corrected chi connectivity index (χ0v) is 16.6. The summed E-state index contributed by atoms with van der Waals surface area (Å²) in [6.45, 7) is -0.563. The number of hydrogen-bond donors (Lipinski definition) is 2. The first-order valence-electron chi connectivity index (χ1n) is 8.05. The second kappa shape index (κ2) is 9.19. The van der Waals surface area contributed by atoms with Crippen molar-refractivity contribution in [1.82, 2.24) is 0 Å². The number of hydrogen-bond acceptors (Lipinski definition) is 4. The van der Waals surface area contributed by atoms with Crippen molar-refractivity contribution >= 4 is 46.8 Å². The summed E-state index contributed by atoms with van der Waals surface area (Å²) in [4.78, 5) is 11.2. The van der Waals surface area contributed by atoms with Crippen LogP contribution in [-0.2, 0) is 4.79 Å². The van der Waals surface area contributed by atoms with E-state index in [1.807, 2.05) is 30.3 Å². The van der Waals surface area contributed by atoms with Gasteiger partial charge in [0.2, 0.25) is 0 Å².